The average molecular weight is 322 g/mol. The lowest BCUT2D eigenvalue weighted by atomic mass is 9.66. The minimum absolute atomic E-state index is 0.184. The fraction of sp³-hybridized carbons (Fsp3) is 0.900. The topological polar surface area (TPSA) is 32.3 Å². The van der Waals surface area contributed by atoms with Crippen molar-refractivity contribution in [3.05, 3.63) is 17.4 Å². The molecule has 3 rings (SSSR count). The molecule has 23 heavy (non-hydrogen) atoms. The number of fused-ring (bicyclic) bond motifs is 2. The molecule has 1 aliphatic heterocycles. The van der Waals surface area contributed by atoms with E-state index in [1.54, 1.807) is 14.1 Å². The molecule has 1 heterocycles. The maximum Gasteiger partial charge on any atom is 0.0814 e. The van der Waals surface area contributed by atoms with Gasteiger partial charge in [0.15, 0.2) is 0 Å². The monoisotopic (exact) mass is 321 g/mol. The number of rotatable bonds is 4. The third-order valence-corrected chi connectivity index (χ3v) is 6.43. The molecule has 5 unspecified atom stereocenters. The maximum absolute atomic E-state index is 11.7. The van der Waals surface area contributed by atoms with Gasteiger partial charge in [-0.2, -0.15) is 0 Å². The fourth-order valence-electron chi connectivity index (χ4n) is 5.21. The summed E-state index contributed by atoms with van der Waals surface area (Å²) in [4.78, 5) is 0. The largest absolute Gasteiger partial charge is 0.633 e. The Morgan fingerprint density at radius 1 is 1.00 bits per heavy atom. The molecular weight excluding hydrogens is 286 g/mol. The Kier molecular flexibility index (Phi) is 5.82. The molecule has 2 saturated carbocycles. The van der Waals surface area contributed by atoms with E-state index in [1.165, 1.54) is 51.4 Å². The molecular formula is C20H35NO2. The van der Waals surface area contributed by atoms with E-state index < -0.39 is 0 Å². The van der Waals surface area contributed by atoms with E-state index >= 15 is 0 Å². The molecule has 0 spiro atoms. The summed E-state index contributed by atoms with van der Waals surface area (Å²) in [6.07, 6.45) is 17.1. The Labute approximate surface area is 142 Å². The van der Waals surface area contributed by atoms with Crippen LogP contribution in [0.4, 0.5) is 0 Å². The van der Waals surface area contributed by atoms with Gasteiger partial charge in [-0.25, -0.2) is 0 Å². The third-order valence-electron chi connectivity index (χ3n) is 6.43. The summed E-state index contributed by atoms with van der Waals surface area (Å²) in [6, 6.07) is 0. The van der Waals surface area contributed by atoms with Crippen LogP contribution in [0, 0.1) is 28.9 Å². The van der Waals surface area contributed by atoms with Gasteiger partial charge in [-0.05, 0) is 49.4 Å². The van der Waals surface area contributed by atoms with Crippen molar-refractivity contribution in [2.75, 3.05) is 27.2 Å². The van der Waals surface area contributed by atoms with Gasteiger partial charge in [0, 0.05) is 6.42 Å². The van der Waals surface area contributed by atoms with Gasteiger partial charge in [0.25, 0.3) is 0 Å². The number of hydroxylamine groups is 3. The molecule has 0 N–H and O–H groups in total. The molecule has 2 aliphatic carbocycles. The van der Waals surface area contributed by atoms with Crippen LogP contribution >= 0.6 is 0 Å². The highest BCUT2D eigenvalue weighted by molar-refractivity contribution is 5.02. The van der Waals surface area contributed by atoms with Gasteiger partial charge in [0.1, 0.15) is 0 Å². The minimum atomic E-state index is -0.184. The summed E-state index contributed by atoms with van der Waals surface area (Å²) in [5.41, 5.74) is 0. The van der Waals surface area contributed by atoms with E-state index in [9.17, 15) is 5.21 Å². The number of hydrogen-bond acceptors (Lipinski definition) is 2. The quantitative estimate of drug-likeness (QED) is 0.433. The predicted molar refractivity (Wildman–Crippen MR) is 94.7 cm³/mol. The number of quaternary nitrogens is 1. The van der Waals surface area contributed by atoms with Crippen molar-refractivity contribution in [3.63, 3.8) is 0 Å². The number of nitrogens with zero attached hydrogens (tertiary/aromatic N) is 1. The summed E-state index contributed by atoms with van der Waals surface area (Å²) in [5.74, 6) is 3.01. The zero-order chi connectivity index (χ0) is 16.3. The second-order valence-electron chi connectivity index (χ2n) is 8.62. The van der Waals surface area contributed by atoms with Crippen LogP contribution < -0.4 is 0 Å². The first-order valence-electron chi connectivity index (χ1n) is 9.87. The van der Waals surface area contributed by atoms with Crippen molar-refractivity contribution in [1.29, 1.82) is 0 Å². The SMILES string of the molecule is C[N+](C)([O-])CCC=CC1C2CCCCC2COC2CCCCC21. The number of allylic oxidation sites excluding steroid dienone is 1. The van der Waals surface area contributed by atoms with Crippen LogP contribution in [0.25, 0.3) is 0 Å². The van der Waals surface area contributed by atoms with E-state index in [0.29, 0.717) is 18.6 Å². The van der Waals surface area contributed by atoms with Crippen LogP contribution in [0.15, 0.2) is 12.2 Å². The zero-order valence-electron chi connectivity index (χ0n) is 15.1. The highest BCUT2D eigenvalue weighted by atomic mass is 16.5. The van der Waals surface area contributed by atoms with Gasteiger partial charge in [0.2, 0.25) is 0 Å². The molecule has 5 atom stereocenters. The Hall–Kier alpha value is -0.380. The summed E-state index contributed by atoms with van der Waals surface area (Å²) >= 11 is 0. The summed E-state index contributed by atoms with van der Waals surface area (Å²) in [7, 11) is 3.48. The molecule has 132 valence electrons. The Balaban J connectivity index is 1.71. The minimum Gasteiger partial charge on any atom is -0.633 e. The van der Waals surface area contributed by atoms with E-state index in [4.69, 9.17) is 4.74 Å². The molecule has 3 fully saturated rings. The normalized spacial score (nSPS) is 38.8. The second-order valence-corrected chi connectivity index (χ2v) is 8.62. The molecule has 0 aromatic rings. The summed E-state index contributed by atoms with van der Waals surface area (Å²) < 4.78 is 6.20. The molecule has 1 saturated heterocycles. The molecule has 0 amide bonds. The molecule has 0 bridgehead atoms. The summed E-state index contributed by atoms with van der Waals surface area (Å²) in [6.45, 7) is 1.68. The van der Waals surface area contributed by atoms with E-state index in [-0.39, 0.29) is 4.65 Å². The first kappa shape index (κ1) is 17.4. The lowest BCUT2D eigenvalue weighted by Gasteiger charge is -2.39. The molecule has 0 radical (unpaired) electrons. The van der Waals surface area contributed by atoms with Crippen molar-refractivity contribution < 1.29 is 9.38 Å². The van der Waals surface area contributed by atoms with Gasteiger partial charge in [-0.15, -0.1) is 0 Å². The van der Waals surface area contributed by atoms with Crippen LogP contribution in [-0.4, -0.2) is 38.0 Å². The smallest absolute Gasteiger partial charge is 0.0814 e. The molecule has 3 aliphatic rings. The van der Waals surface area contributed by atoms with Crippen molar-refractivity contribution in [2.24, 2.45) is 23.7 Å². The van der Waals surface area contributed by atoms with Crippen molar-refractivity contribution >= 4 is 0 Å². The first-order chi connectivity index (χ1) is 11.0. The van der Waals surface area contributed by atoms with Gasteiger partial charge in [-0.1, -0.05) is 37.8 Å². The molecule has 3 heteroatoms. The lowest BCUT2D eigenvalue weighted by molar-refractivity contribution is -0.839. The molecule has 0 aromatic carbocycles. The van der Waals surface area contributed by atoms with E-state index in [2.05, 4.69) is 12.2 Å². The summed E-state index contributed by atoms with van der Waals surface area (Å²) in [5, 5.41) is 11.7. The van der Waals surface area contributed by atoms with Crippen LogP contribution in [-0.2, 0) is 4.74 Å². The van der Waals surface area contributed by atoms with E-state index in [0.717, 1.165) is 30.8 Å². The van der Waals surface area contributed by atoms with Gasteiger partial charge >= 0.3 is 0 Å². The molecule has 3 nitrogen and oxygen atoms in total. The average Bonchev–Trinajstić information content (AvgIpc) is 2.68. The second kappa shape index (κ2) is 7.67. The van der Waals surface area contributed by atoms with Crippen LogP contribution in [0.3, 0.4) is 0 Å². The van der Waals surface area contributed by atoms with Gasteiger partial charge < -0.3 is 14.6 Å². The zero-order valence-corrected chi connectivity index (χ0v) is 15.1. The lowest BCUT2D eigenvalue weighted by Crippen LogP contribution is -2.35. The van der Waals surface area contributed by atoms with Crippen LogP contribution in [0.1, 0.15) is 57.8 Å². The van der Waals surface area contributed by atoms with Crippen LogP contribution in [0.5, 0.6) is 0 Å². The van der Waals surface area contributed by atoms with Crippen LogP contribution in [0.2, 0.25) is 0 Å². The first-order valence-corrected chi connectivity index (χ1v) is 9.87. The predicted octanol–water partition coefficient (Wildman–Crippen LogP) is 4.52. The fourth-order valence-corrected chi connectivity index (χ4v) is 5.21. The number of hydrogen-bond donors (Lipinski definition) is 0. The Bertz CT molecular complexity index is 377. The third kappa shape index (κ3) is 4.58. The van der Waals surface area contributed by atoms with Gasteiger partial charge in [-0.3, -0.25) is 0 Å². The van der Waals surface area contributed by atoms with Crippen molar-refractivity contribution in [3.8, 4) is 0 Å². The van der Waals surface area contributed by atoms with E-state index in [1.807, 2.05) is 0 Å². The molecule has 0 aromatic heterocycles. The Morgan fingerprint density at radius 2 is 1.70 bits per heavy atom. The number of ether oxygens (including phenoxy) is 1. The van der Waals surface area contributed by atoms with Gasteiger partial charge in [0.05, 0.1) is 33.4 Å². The van der Waals surface area contributed by atoms with Crippen molar-refractivity contribution in [2.45, 2.75) is 63.9 Å². The van der Waals surface area contributed by atoms with Crippen molar-refractivity contribution in [1.82, 2.24) is 0 Å². The maximum atomic E-state index is 11.7. The highest BCUT2D eigenvalue weighted by Crippen LogP contribution is 2.47. The standard InChI is InChI=1S/C20H35NO2/c1-21(2,22)14-8-7-11-18-17-10-4-3-9-16(17)15-23-20-13-6-5-12-19(18)20/h7,11,16-20H,3-6,8-10,12-15H2,1-2H3. The highest BCUT2D eigenvalue weighted by Gasteiger charge is 2.42. The Morgan fingerprint density at radius 3 is 2.48 bits per heavy atom.